The van der Waals surface area contributed by atoms with Gasteiger partial charge in [0.05, 0.1) is 17.4 Å². The van der Waals surface area contributed by atoms with Crippen LogP contribution in [0, 0.1) is 0 Å². The fourth-order valence-electron chi connectivity index (χ4n) is 1.96. The van der Waals surface area contributed by atoms with E-state index in [9.17, 15) is 18.0 Å². The molecule has 108 valence electrons. The summed E-state index contributed by atoms with van der Waals surface area (Å²) in [6.07, 6.45) is -3.25. The third-order valence-electron chi connectivity index (χ3n) is 2.87. The smallest absolute Gasteiger partial charge is 0.312 e. The van der Waals surface area contributed by atoms with Crippen LogP contribution in [-0.4, -0.2) is 9.97 Å². The first-order chi connectivity index (χ1) is 9.86. The van der Waals surface area contributed by atoms with E-state index in [1.165, 1.54) is 24.5 Å². The van der Waals surface area contributed by atoms with Gasteiger partial charge in [-0.3, -0.25) is 4.79 Å². The molecule has 0 unspecified atom stereocenters. The van der Waals surface area contributed by atoms with Crippen molar-refractivity contribution in [2.45, 2.75) is 6.18 Å². The molecule has 3 rings (SSSR count). The van der Waals surface area contributed by atoms with Gasteiger partial charge in [-0.1, -0.05) is 22.0 Å². The van der Waals surface area contributed by atoms with Crippen LogP contribution >= 0.6 is 27.3 Å². The van der Waals surface area contributed by atoms with E-state index in [0.29, 0.717) is 19.6 Å². The maximum Gasteiger partial charge on any atom is 0.417 e. The van der Waals surface area contributed by atoms with Crippen molar-refractivity contribution in [2.24, 2.45) is 0 Å². The number of rotatable bonds is 1. The molecule has 0 amide bonds. The van der Waals surface area contributed by atoms with Crippen molar-refractivity contribution in [3.63, 3.8) is 0 Å². The maximum absolute atomic E-state index is 13.1. The molecule has 0 saturated carbocycles. The normalized spacial score (nSPS) is 12.0. The zero-order chi connectivity index (χ0) is 15.2. The topological polar surface area (TPSA) is 45.8 Å². The Morgan fingerprint density at radius 1 is 1.24 bits per heavy atom. The lowest BCUT2D eigenvalue weighted by Gasteiger charge is -2.12. The number of alkyl halides is 3. The standard InChI is InChI=1S/C13H6BrF3N2OS/c14-6-1-2-7(8(3-6)13(15,16)17)10-4-9-11(21-10)12(20)19-5-18-9/h1-5H,(H,18,19,20). The van der Waals surface area contributed by atoms with E-state index in [0.717, 1.165) is 17.4 Å². The van der Waals surface area contributed by atoms with Crippen molar-refractivity contribution in [1.82, 2.24) is 9.97 Å². The van der Waals surface area contributed by atoms with Gasteiger partial charge in [-0.2, -0.15) is 13.2 Å². The predicted molar refractivity (Wildman–Crippen MR) is 78.4 cm³/mol. The molecule has 8 heteroatoms. The molecule has 0 saturated heterocycles. The molecule has 0 spiro atoms. The van der Waals surface area contributed by atoms with Crippen LogP contribution < -0.4 is 5.56 Å². The van der Waals surface area contributed by atoms with Crippen molar-refractivity contribution in [2.75, 3.05) is 0 Å². The molecule has 2 heterocycles. The Labute approximate surface area is 128 Å². The second kappa shape index (κ2) is 4.96. The Morgan fingerprint density at radius 2 is 2.00 bits per heavy atom. The molecule has 0 aliphatic carbocycles. The monoisotopic (exact) mass is 374 g/mol. The summed E-state index contributed by atoms with van der Waals surface area (Å²) in [6.45, 7) is 0. The molecule has 1 N–H and O–H groups in total. The second-order valence-electron chi connectivity index (χ2n) is 4.24. The highest BCUT2D eigenvalue weighted by Gasteiger charge is 2.34. The molecule has 0 aliphatic rings. The first-order valence-electron chi connectivity index (χ1n) is 5.70. The molecule has 3 aromatic rings. The molecule has 0 bridgehead atoms. The summed E-state index contributed by atoms with van der Waals surface area (Å²) in [4.78, 5) is 18.4. The fourth-order valence-corrected chi connectivity index (χ4v) is 3.37. The minimum atomic E-state index is -4.48. The third-order valence-corrected chi connectivity index (χ3v) is 4.52. The number of nitrogens with one attached hydrogen (secondary N) is 1. The Balaban J connectivity index is 2.28. The Bertz CT molecular complexity index is 885. The fraction of sp³-hybridized carbons (Fsp3) is 0.0769. The summed E-state index contributed by atoms with van der Waals surface area (Å²) in [5.41, 5.74) is -0.690. The van der Waals surface area contributed by atoms with E-state index in [2.05, 4.69) is 25.9 Å². The lowest BCUT2D eigenvalue weighted by atomic mass is 10.1. The number of hydrogen-bond acceptors (Lipinski definition) is 3. The van der Waals surface area contributed by atoms with Crippen LogP contribution in [0.3, 0.4) is 0 Å². The van der Waals surface area contributed by atoms with E-state index < -0.39 is 11.7 Å². The van der Waals surface area contributed by atoms with Gasteiger partial charge in [-0.05, 0) is 18.2 Å². The highest BCUT2D eigenvalue weighted by atomic mass is 79.9. The average Bonchev–Trinajstić information content (AvgIpc) is 2.83. The molecular weight excluding hydrogens is 369 g/mol. The minimum absolute atomic E-state index is 0.0353. The zero-order valence-electron chi connectivity index (χ0n) is 10.2. The zero-order valence-corrected chi connectivity index (χ0v) is 12.6. The SMILES string of the molecule is O=c1[nH]cnc2cc(-c3ccc(Br)cc3C(F)(F)F)sc12. The lowest BCUT2D eigenvalue weighted by Crippen LogP contribution is -2.06. The quantitative estimate of drug-likeness (QED) is 0.684. The number of halogens is 4. The number of H-pyrrole nitrogens is 1. The first-order valence-corrected chi connectivity index (χ1v) is 7.31. The van der Waals surface area contributed by atoms with Gasteiger partial charge in [0, 0.05) is 14.9 Å². The number of hydrogen-bond donors (Lipinski definition) is 1. The number of fused-ring (bicyclic) bond motifs is 1. The molecule has 0 aliphatic heterocycles. The molecule has 21 heavy (non-hydrogen) atoms. The Hall–Kier alpha value is -1.67. The Kier molecular flexibility index (Phi) is 3.37. The summed E-state index contributed by atoms with van der Waals surface area (Å²) in [7, 11) is 0. The van der Waals surface area contributed by atoms with Gasteiger partial charge < -0.3 is 4.98 Å². The van der Waals surface area contributed by atoms with E-state index in [1.807, 2.05) is 0 Å². The van der Waals surface area contributed by atoms with Gasteiger partial charge in [0.2, 0.25) is 0 Å². The van der Waals surface area contributed by atoms with Crippen molar-refractivity contribution < 1.29 is 13.2 Å². The van der Waals surface area contributed by atoms with Gasteiger partial charge in [0.1, 0.15) is 4.70 Å². The molecule has 0 atom stereocenters. The van der Waals surface area contributed by atoms with Crippen molar-refractivity contribution >= 4 is 37.5 Å². The minimum Gasteiger partial charge on any atom is -0.312 e. The molecule has 3 nitrogen and oxygen atoms in total. The number of aromatic amines is 1. The number of nitrogens with zero attached hydrogens (tertiary/aromatic N) is 1. The summed E-state index contributed by atoms with van der Waals surface area (Å²) >= 11 is 4.04. The maximum atomic E-state index is 13.1. The number of aromatic nitrogens is 2. The summed E-state index contributed by atoms with van der Waals surface area (Å²) in [5, 5.41) is 0. The summed E-state index contributed by atoms with van der Waals surface area (Å²) in [5.74, 6) is 0. The first kappa shape index (κ1) is 14.3. The third kappa shape index (κ3) is 2.60. The second-order valence-corrected chi connectivity index (χ2v) is 6.21. The van der Waals surface area contributed by atoms with Crippen LogP contribution in [0.4, 0.5) is 13.2 Å². The van der Waals surface area contributed by atoms with Crippen LogP contribution in [0.5, 0.6) is 0 Å². The van der Waals surface area contributed by atoms with Crippen LogP contribution in [-0.2, 0) is 6.18 Å². The lowest BCUT2D eigenvalue weighted by molar-refractivity contribution is -0.137. The van der Waals surface area contributed by atoms with Crippen LogP contribution in [0.25, 0.3) is 20.7 Å². The van der Waals surface area contributed by atoms with E-state index in [1.54, 1.807) is 0 Å². The molecular formula is C13H6BrF3N2OS. The van der Waals surface area contributed by atoms with Gasteiger partial charge in [0.15, 0.2) is 0 Å². The predicted octanol–water partition coefficient (Wildman–Crippen LogP) is 4.43. The van der Waals surface area contributed by atoms with Crippen molar-refractivity contribution in [1.29, 1.82) is 0 Å². The molecule has 2 aromatic heterocycles. The summed E-state index contributed by atoms with van der Waals surface area (Å²) in [6, 6.07) is 5.43. The van der Waals surface area contributed by atoms with Crippen LogP contribution in [0.15, 0.2) is 39.9 Å². The van der Waals surface area contributed by atoms with E-state index >= 15 is 0 Å². The molecule has 0 fully saturated rings. The molecule has 1 aromatic carbocycles. The number of thiophene rings is 1. The summed E-state index contributed by atoms with van der Waals surface area (Å²) < 4.78 is 40.1. The van der Waals surface area contributed by atoms with Gasteiger partial charge >= 0.3 is 6.18 Å². The van der Waals surface area contributed by atoms with Crippen molar-refractivity contribution in [3.8, 4) is 10.4 Å². The van der Waals surface area contributed by atoms with Crippen LogP contribution in [0.1, 0.15) is 5.56 Å². The largest absolute Gasteiger partial charge is 0.417 e. The highest BCUT2D eigenvalue weighted by Crippen LogP contribution is 2.41. The number of benzene rings is 1. The van der Waals surface area contributed by atoms with Crippen molar-refractivity contribution in [3.05, 3.63) is 51.0 Å². The van der Waals surface area contributed by atoms with E-state index in [-0.39, 0.29) is 11.1 Å². The Morgan fingerprint density at radius 3 is 2.67 bits per heavy atom. The van der Waals surface area contributed by atoms with E-state index in [4.69, 9.17) is 0 Å². The highest BCUT2D eigenvalue weighted by molar-refractivity contribution is 9.10. The van der Waals surface area contributed by atoms with Crippen LogP contribution in [0.2, 0.25) is 0 Å². The van der Waals surface area contributed by atoms with Gasteiger partial charge in [-0.15, -0.1) is 11.3 Å². The van der Waals surface area contributed by atoms with Gasteiger partial charge in [-0.25, -0.2) is 4.98 Å². The molecule has 0 radical (unpaired) electrons. The van der Waals surface area contributed by atoms with Gasteiger partial charge in [0.25, 0.3) is 5.56 Å². The average molecular weight is 375 g/mol.